The monoisotopic (exact) mass is 233 g/mol. The third-order valence-electron chi connectivity index (χ3n) is 2.54. The number of carbonyl (C=O) groups is 1. The van der Waals surface area contributed by atoms with Crippen LogP contribution in [-0.2, 0) is 4.79 Å². The van der Waals surface area contributed by atoms with Crippen LogP contribution in [-0.4, -0.2) is 32.4 Å². The van der Waals surface area contributed by atoms with Crippen LogP contribution >= 0.6 is 0 Å². The van der Waals surface area contributed by atoms with Crippen molar-refractivity contribution in [1.29, 1.82) is 0 Å². The average molecular weight is 233 g/mol. The summed E-state index contributed by atoms with van der Waals surface area (Å²) in [6.45, 7) is 0. The van der Waals surface area contributed by atoms with Gasteiger partial charge in [-0.25, -0.2) is 4.79 Å². The number of aliphatic carboxylic acids is 1. The fourth-order valence-corrected chi connectivity index (χ4v) is 1.66. The van der Waals surface area contributed by atoms with Crippen LogP contribution < -0.4 is 0 Å². The standard InChI is InChI=1S/C12H11NO4/c14-10(11(15)12(16)17)9-8-4-2-1-3-7(8)5-6-13-9/h1-6,10-11,14-15H,(H,16,17). The smallest absolute Gasteiger partial charge is 0.335 e. The summed E-state index contributed by atoms with van der Waals surface area (Å²) in [4.78, 5) is 14.5. The van der Waals surface area contributed by atoms with Gasteiger partial charge in [0, 0.05) is 11.6 Å². The van der Waals surface area contributed by atoms with Crippen LogP contribution in [0.4, 0.5) is 0 Å². The molecule has 3 N–H and O–H groups in total. The Labute approximate surface area is 97.0 Å². The van der Waals surface area contributed by atoms with Gasteiger partial charge in [-0.05, 0) is 11.5 Å². The Morgan fingerprint density at radius 1 is 1.18 bits per heavy atom. The third kappa shape index (κ3) is 2.11. The van der Waals surface area contributed by atoms with Crippen LogP contribution in [0.3, 0.4) is 0 Å². The number of rotatable bonds is 3. The minimum atomic E-state index is -1.88. The van der Waals surface area contributed by atoms with Gasteiger partial charge in [0.2, 0.25) is 0 Å². The quantitative estimate of drug-likeness (QED) is 0.726. The first kappa shape index (κ1) is 11.5. The highest BCUT2D eigenvalue weighted by atomic mass is 16.4. The lowest BCUT2D eigenvalue weighted by atomic mass is 10.0. The molecule has 0 fully saturated rings. The molecular weight excluding hydrogens is 222 g/mol. The van der Waals surface area contributed by atoms with Crippen LogP contribution in [0.2, 0.25) is 0 Å². The molecule has 0 aliphatic rings. The second-order valence-electron chi connectivity index (χ2n) is 3.65. The molecule has 0 spiro atoms. The van der Waals surface area contributed by atoms with Crippen molar-refractivity contribution in [3.05, 3.63) is 42.2 Å². The van der Waals surface area contributed by atoms with Gasteiger partial charge in [0.05, 0.1) is 5.69 Å². The molecule has 1 heterocycles. The number of hydrogen-bond acceptors (Lipinski definition) is 4. The van der Waals surface area contributed by atoms with E-state index in [1.165, 1.54) is 6.20 Å². The molecule has 0 aliphatic heterocycles. The predicted octanol–water partition coefficient (Wildman–Crippen LogP) is 0.714. The number of carboxylic acid groups (broad SMARTS) is 1. The summed E-state index contributed by atoms with van der Waals surface area (Å²) >= 11 is 0. The molecule has 0 saturated carbocycles. The highest BCUT2D eigenvalue weighted by molar-refractivity contribution is 5.85. The maximum Gasteiger partial charge on any atom is 0.335 e. The Morgan fingerprint density at radius 3 is 2.59 bits per heavy atom. The van der Waals surface area contributed by atoms with E-state index in [4.69, 9.17) is 5.11 Å². The molecule has 1 aromatic carbocycles. The van der Waals surface area contributed by atoms with Gasteiger partial charge in [-0.2, -0.15) is 0 Å². The van der Waals surface area contributed by atoms with Gasteiger partial charge in [0.15, 0.2) is 6.10 Å². The largest absolute Gasteiger partial charge is 0.479 e. The summed E-state index contributed by atoms with van der Waals surface area (Å²) < 4.78 is 0. The van der Waals surface area contributed by atoms with E-state index in [0.717, 1.165) is 5.39 Å². The first-order valence-electron chi connectivity index (χ1n) is 5.04. The lowest BCUT2D eigenvalue weighted by Gasteiger charge is -2.15. The van der Waals surface area contributed by atoms with Gasteiger partial charge in [-0.3, -0.25) is 4.98 Å². The van der Waals surface area contributed by atoms with Gasteiger partial charge in [-0.1, -0.05) is 24.3 Å². The molecule has 1 aromatic heterocycles. The van der Waals surface area contributed by atoms with Gasteiger partial charge >= 0.3 is 5.97 Å². The van der Waals surface area contributed by atoms with Crippen molar-refractivity contribution in [1.82, 2.24) is 4.98 Å². The van der Waals surface area contributed by atoms with Crippen molar-refractivity contribution in [3.8, 4) is 0 Å². The van der Waals surface area contributed by atoms with Crippen LogP contribution in [0, 0.1) is 0 Å². The van der Waals surface area contributed by atoms with Crippen molar-refractivity contribution in [2.45, 2.75) is 12.2 Å². The number of pyridine rings is 1. The lowest BCUT2D eigenvalue weighted by molar-refractivity contribution is -0.153. The molecular formula is C12H11NO4. The van der Waals surface area contributed by atoms with Crippen LogP contribution in [0.25, 0.3) is 10.8 Å². The molecule has 2 aromatic rings. The van der Waals surface area contributed by atoms with Crippen molar-refractivity contribution in [2.75, 3.05) is 0 Å². The number of hydrogen-bond donors (Lipinski definition) is 3. The molecule has 0 saturated heterocycles. The molecule has 5 heteroatoms. The molecule has 0 amide bonds. The van der Waals surface area contributed by atoms with Crippen LogP contribution in [0.1, 0.15) is 11.8 Å². The fraction of sp³-hybridized carbons (Fsp3) is 0.167. The molecule has 88 valence electrons. The molecule has 2 rings (SSSR count). The molecule has 0 radical (unpaired) electrons. The first-order chi connectivity index (χ1) is 8.11. The van der Waals surface area contributed by atoms with Gasteiger partial charge in [0.25, 0.3) is 0 Å². The van der Waals surface area contributed by atoms with E-state index in [-0.39, 0.29) is 5.69 Å². The van der Waals surface area contributed by atoms with Crippen LogP contribution in [0.15, 0.2) is 36.5 Å². The van der Waals surface area contributed by atoms with Crippen molar-refractivity contribution in [2.24, 2.45) is 0 Å². The van der Waals surface area contributed by atoms with Gasteiger partial charge < -0.3 is 15.3 Å². The van der Waals surface area contributed by atoms with Crippen molar-refractivity contribution < 1.29 is 20.1 Å². The summed E-state index contributed by atoms with van der Waals surface area (Å²) in [7, 11) is 0. The Bertz CT molecular complexity index is 550. The van der Waals surface area contributed by atoms with Crippen molar-refractivity contribution in [3.63, 3.8) is 0 Å². The summed E-state index contributed by atoms with van der Waals surface area (Å²) in [5, 5.41) is 29.2. The van der Waals surface area contributed by atoms with E-state index >= 15 is 0 Å². The zero-order valence-electron chi connectivity index (χ0n) is 8.82. The highest BCUT2D eigenvalue weighted by Crippen LogP contribution is 2.24. The minimum absolute atomic E-state index is 0.165. The first-order valence-corrected chi connectivity index (χ1v) is 5.04. The number of nitrogens with zero attached hydrogens (tertiary/aromatic N) is 1. The number of benzene rings is 1. The molecule has 17 heavy (non-hydrogen) atoms. The fourth-order valence-electron chi connectivity index (χ4n) is 1.66. The maximum atomic E-state index is 10.6. The van der Waals surface area contributed by atoms with Gasteiger partial charge in [-0.15, -0.1) is 0 Å². The highest BCUT2D eigenvalue weighted by Gasteiger charge is 2.27. The van der Waals surface area contributed by atoms with E-state index in [1.54, 1.807) is 18.2 Å². The molecule has 2 atom stereocenters. The van der Waals surface area contributed by atoms with Crippen LogP contribution in [0.5, 0.6) is 0 Å². The second-order valence-corrected chi connectivity index (χ2v) is 3.65. The molecule has 0 aliphatic carbocycles. The summed E-state index contributed by atoms with van der Waals surface area (Å²) in [6.07, 6.45) is -1.96. The SMILES string of the molecule is O=C(O)C(O)C(O)c1nccc2ccccc12. The molecule has 0 bridgehead atoms. The van der Waals surface area contributed by atoms with E-state index in [2.05, 4.69) is 4.98 Å². The number of aliphatic hydroxyl groups excluding tert-OH is 2. The minimum Gasteiger partial charge on any atom is -0.479 e. The Kier molecular flexibility index (Phi) is 3.03. The second kappa shape index (κ2) is 4.48. The summed E-state index contributed by atoms with van der Waals surface area (Å²) in [5.74, 6) is -1.48. The topological polar surface area (TPSA) is 90.7 Å². The van der Waals surface area contributed by atoms with E-state index in [1.807, 2.05) is 12.1 Å². The zero-order valence-corrected chi connectivity index (χ0v) is 8.82. The third-order valence-corrected chi connectivity index (χ3v) is 2.54. The van der Waals surface area contributed by atoms with Gasteiger partial charge in [0.1, 0.15) is 6.10 Å². The lowest BCUT2D eigenvalue weighted by Crippen LogP contribution is -2.28. The van der Waals surface area contributed by atoms with Crippen molar-refractivity contribution >= 4 is 16.7 Å². The molecule has 2 unspecified atom stereocenters. The summed E-state index contributed by atoms with van der Waals surface area (Å²) in [5.41, 5.74) is 0.165. The zero-order chi connectivity index (χ0) is 12.4. The Balaban J connectivity index is 2.52. The van der Waals surface area contributed by atoms with E-state index in [9.17, 15) is 15.0 Å². The summed E-state index contributed by atoms with van der Waals surface area (Å²) in [6, 6.07) is 8.87. The van der Waals surface area contributed by atoms with E-state index < -0.39 is 18.2 Å². The van der Waals surface area contributed by atoms with E-state index in [0.29, 0.717) is 5.39 Å². The average Bonchev–Trinajstić information content (AvgIpc) is 2.36. The Morgan fingerprint density at radius 2 is 1.88 bits per heavy atom. The normalized spacial score (nSPS) is 14.5. The predicted molar refractivity (Wildman–Crippen MR) is 60.3 cm³/mol. The number of carboxylic acids is 1. The number of aromatic nitrogens is 1. The maximum absolute atomic E-state index is 10.6. The number of fused-ring (bicyclic) bond motifs is 1. The Hall–Kier alpha value is -1.98. The number of aliphatic hydroxyl groups is 2. The molecule has 5 nitrogen and oxygen atoms in total.